The Labute approximate surface area is 164 Å². The van der Waals surface area contributed by atoms with Crippen LogP contribution in [-0.2, 0) is 16.5 Å². The Morgan fingerprint density at radius 3 is 2.82 bits per heavy atom. The third-order valence-corrected chi connectivity index (χ3v) is 5.85. The Morgan fingerprint density at radius 1 is 1.21 bits per heavy atom. The Bertz CT molecular complexity index is 857. The first-order valence-corrected chi connectivity index (χ1v) is 10.2. The molecule has 0 spiro atoms. The molecule has 2 aliphatic rings. The van der Waals surface area contributed by atoms with Crippen LogP contribution >= 0.6 is 0 Å². The van der Waals surface area contributed by atoms with Crippen LogP contribution in [0, 0.1) is 0 Å². The highest BCUT2D eigenvalue weighted by Gasteiger charge is 2.25. The monoisotopic (exact) mass is 390 g/mol. The Hall–Kier alpha value is -1.97. The minimum absolute atomic E-state index is 0.0451. The quantitative estimate of drug-likeness (QED) is 0.735. The van der Waals surface area contributed by atoms with Gasteiger partial charge in [0.05, 0.1) is 12.8 Å². The van der Waals surface area contributed by atoms with Gasteiger partial charge < -0.3 is 14.4 Å². The molecule has 2 saturated heterocycles. The van der Waals surface area contributed by atoms with Gasteiger partial charge in [-0.2, -0.15) is 0 Å². The SMILES string of the molecule is COCCN1CCCN(c2nn3c(C4CCOCC4)ncc3c(=O)n2C)CC1. The van der Waals surface area contributed by atoms with Gasteiger partial charge in [0.1, 0.15) is 5.82 Å². The summed E-state index contributed by atoms with van der Waals surface area (Å²) in [4.78, 5) is 22.2. The molecule has 154 valence electrons. The summed E-state index contributed by atoms with van der Waals surface area (Å²) in [6.45, 7) is 6.86. The fourth-order valence-electron chi connectivity index (χ4n) is 4.15. The van der Waals surface area contributed by atoms with Gasteiger partial charge in [0.25, 0.3) is 5.56 Å². The molecule has 0 atom stereocenters. The Morgan fingerprint density at radius 2 is 2.04 bits per heavy atom. The predicted molar refractivity (Wildman–Crippen MR) is 106 cm³/mol. The number of aromatic nitrogens is 4. The molecule has 2 fully saturated rings. The number of hydrogen-bond acceptors (Lipinski definition) is 7. The van der Waals surface area contributed by atoms with Crippen LogP contribution in [0.3, 0.4) is 0 Å². The standard InChI is InChI=1S/C19H30N6O3/c1-22-18(26)16-14-20-17(15-4-11-28-12-5-15)25(16)21-19(22)24-7-3-6-23(8-9-24)10-13-27-2/h14-15H,3-13H2,1-2H3. The molecule has 0 aromatic carbocycles. The minimum Gasteiger partial charge on any atom is -0.383 e. The number of imidazole rings is 1. The summed E-state index contributed by atoms with van der Waals surface area (Å²) in [5.74, 6) is 1.89. The fourth-order valence-corrected chi connectivity index (χ4v) is 4.15. The van der Waals surface area contributed by atoms with Crippen LogP contribution in [0.4, 0.5) is 5.95 Å². The molecule has 2 aromatic heterocycles. The van der Waals surface area contributed by atoms with E-state index < -0.39 is 0 Å². The number of hydrogen-bond donors (Lipinski definition) is 0. The first-order chi connectivity index (χ1) is 13.7. The average Bonchev–Trinajstić information content (AvgIpc) is 3.01. The minimum atomic E-state index is -0.0451. The highest BCUT2D eigenvalue weighted by molar-refractivity contribution is 5.46. The second-order valence-electron chi connectivity index (χ2n) is 7.64. The van der Waals surface area contributed by atoms with Crippen molar-refractivity contribution in [2.45, 2.75) is 25.2 Å². The van der Waals surface area contributed by atoms with Gasteiger partial charge in [0.2, 0.25) is 5.95 Å². The van der Waals surface area contributed by atoms with E-state index in [-0.39, 0.29) is 11.5 Å². The molecule has 2 aliphatic heterocycles. The molecular weight excluding hydrogens is 360 g/mol. The van der Waals surface area contributed by atoms with Gasteiger partial charge >= 0.3 is 0 Å². The van der Waals surface area contributed by atoms with Crippen LogP contribution in [0.2, 0.25) is 0 Å². The van der Waals surface area contributed by atoms with Crippen molar-refractivity contribution >= 4 is 11.5 Å². The summed E-state index contributed by atoms with van der Waals surface area (Å²) >= 11 is 0. The molecule has 0 amide bonds. The van der Waals surface area contributed by atoms with E-state index in [1.165, 1.54) is 0 Å². The number of ether oxygens (including phenoxy) is 2. The molecule has 2 aromatic rings. The zero-order chi connectivity index (χ0) is 19.5. The second kappa shape index (κ2) is 8.59. The molecular formula is C19H30N6O3. The van der Waals surface area contributed by atoms with E-state index in [4.69, 9.17) is 14.6 Å². The lowest BCUT2D eigenvalue weighted by Crippen LogP contribution is -2.37. The van der Waals surface area contributed by atoms with Gasteiger partial charge in [-0.25, -0.2) is 9.50 Å². The van der Waals surface area contributed by atoms with Crippen LogP contribution in [0.1, 0.15) is 31.0 Å². The van der Waals surface area contributed by atoms with Gasteiger partial charge in [-0.15, -0.1) is 5.10 Å². The zero-order valence-corrected chi connectivity index (χ0v) is 16.8. The maximum Gasteiger partial charge on any atom is 0.280 e. The summed E-state index contributed by atoms with van der Waals surface area (Å²) in [5, 5.41) is 4.88. The fraction of sp³-hybridized carbons (Fsp3) is 0.737. The highest BCUT2D eigenvalue weighted by atomic mass is 16.5. The van der Waals surface area contributed by atoms with Crippen molar-refractivity contribution in [1.82, 2.24) is 24.1 Å². The van der Waals surface area contributed by atoms with Gasteiger partial charge in [0.15, 0.2) is 5.52 Å². The predicted octanol–water partition coefficient (Wildman–Crippen LogP) is 0.481. The van der Waals surface area contributed by atoms with E-state index >= 15 is 0 Å². The third kappa shape index (κ3) is 3.78. The maximum atomic E-state index is 13.0. The highest BCUT2D eigenvalue weighted by Crippen LogP contribution is 2.26. The van der Waals surface area contributed by atoms with Crippen LogP contribution < -0.4 is 10.5 Å². The summed E-state index contributed by atoms with van der Waals surface area (Å²) in [5.41, 5.74) is 0.501. The van der Waals surface area contributed by atoms with Crippen molar-refractivity contribution in [2.75, 3.05) is 64.6 Å². The first kappa shape index (κ1) is 19.4. The van der Waals surface area contributed by atoms with Crippen LogP contribution in [0.25, 0.3) is 5.52 Å². The molecule has 0 radical (unpaired) electrons. The molecule has 9 nitrogen and oxygen atoms in total. The first-order valence-electron chi connectivity index (χ1n) is 10.2. The summed E-state index contributed by atoms with van der Waals surface area (Å²) in [6.07, 6.45) is 4.54. The number of anilines is 1. The van der Waals surface area contributed by atoms with E-state index in [2.05, 4.69) is 14.8 Å². The molecule has 0 bridgehead atoms. The molecule has 9 heteroatoms. The van der Waals surface area contributed by atoms with E-state index in [1.807, 2.05) is 0 Å². The van der Waals surface area contributed by atoms with E-state index in [9.17, 15) is 4.79 Å². The summed E-state index contributed by atoms with van der Waals surface area (Å²) in [6, 6.07) is 0. The van der Waals surface area contributed by atoms with E-state index in [1.54, 1.807) is 29.4 Å². The van der Waals surface area contributed by atoms with Crippen molar-refractivity contribution in [3.63, 3.8) is 0 Å². The van der Waals surface area contributed by atoms with Crippen molar-refractivity contribution in [3.05, 3.63) is 22.4 Å². The van der Waals surface area contributed by atoms with E-state index in [0.717, 1.165) is 83.6 Å². The van der Waals surface area contributed by atoms with Crippen LogP contribution in [0.5, 0.6) is 0 Å². The van der Waals surface area contributed by atoms with Gasteiger partial charge in [-0.05, 0) is 25.8 Å². The molecule has 28 heavy (non-hydrogen) atoms. The lowest BCUT2D eigenvalue weighted by molar-refractivity contribution is 0.0832. The van der Waals surface area contributed by atoms with Crippen molar-refractivity contribution in [3.8, 4) is 0 Å². The number of methoxy groups -OCH3 is 1. The lowest BCUT2D eigenvalue weighted by atomic mass is 10.00. The van der Waals surface area contributed by atoms with Crippen LogP contribution in [-0.4, -0.2) is 83.7 Å². The molecule has 0 saturated carbocycles. The number of rotatable bonds is 5. The average molecular weight is 390 g/mol. The van der Waals surface area contributed by atoms with Gasteiger partial charge in [-0.1, -0.05) is 0 Å². The zero-order valence-electron chi connectivity index (χ0n) is 16.8. The van der Waals surface area contributed by atoms with Gasteiger partial charge in [0, 0.05) is 59.5 Å². The number of fused-ring (bicyclic) bond motifs is 1. The van der Waals surface area contributed by atoms with Crippen molar-refractivity contribution < 1.29 is 9.47 Å². The number of nitrogens with zero attached hydrogens (tertiary/aromatic N) is 6. The third-order valence-electron chi connectivity index (χ3n) is 5.85. The molecule has 0 aliphatic carbocycles. The smallest absolute Gasteiger partial charge is 0.280 e. The topological polar surface area (TPSA) is 77.1 Å². The normalized spacial score (nSPS) is 20.0. The molecule has 4 rings (SSSR count). The van der Waals surface area contributed by atoms with Crippen molar-refractivity contribution in [1.29, 1.82) is 0 Å². The largest absolute Gasteiger partial charge is 0.383 e. The Balaban J connectivity index is 1.63. The molecule has 4 heterocycles. The lowest BCUT2D eigenvalue weighted by Gasteiger charge is -2.25. The van der Waals surface area contributed by atoms with E-state index in [0.29, 0.717) is 5.52 Å². The van der Waals surface area contributed by atoms with Gasteiger partial charge in [-0.3, -0.25) is 14.3 Å². The Kier molecular flexibility index (Phi) is 5.93. The van der Waals surface area contributed by atoms with Crippen molar-refractivity contribution in [2.24, 2.45) is 7.05 Å². The molecule has 0 unspecified atom stereocenters. The molecule has 0 N–H and O–H groups in total. The second-order valence-corrected chi connectivity index (χ2v) is 7.64. The van der Waals surface area contributed by atoms with Crippen LogP contribution in [0.15, 0.2) is 11.0 Å². The maximum absolute atomic E-state index is 13.0. The summed E-state index contributed by atoms with van der Waals surface area (Å²) in [7, 11) is 3.54. The summed E-state index contributed by atoms with van der Waals surface area (Å²) < 4.78 is 14.1.